The first-order valence-corrected chi connectivity index (χ1v) is 8.01. The number of benzene rings is 2. The highest BCUT2D eigenvalue weighted by atomic mass is 32.2. The smallest absolute Gasteiger partial charge is 0.238 e. The lowest BCUT2D eigenvalue weighted by atomic mass is 9.77. The minimum absolute atomic E-state index is 0.0192. The van der Waals surface area contributed by atoms with E-state index in [2.05, 4.69) is 5.32 Å². The number of carbonyl (C=O) groups is 1. The highest BCUT2D eigenvalue weighted by Gasteiger charge is 2.31. The summed E-state index contributed by atoms with van der Waals surface area (Å²) < 4.78 is 22.6. The van der Waals surface area contributed by atoms with Crippen molar-refractivity contribution in [2.45, 2.75) is 17.2 Å². The monoisotopic (exact) mass is 302 g/mol. The molecule has 0 fully saturated rings. The molecule has 108 valence electrons. The average molecular weight is 302 g/mol. The summed E-state index contributed by atoms with van der Waals surface area (Å²) in [5, 5.41) is 7.81. The first-order chi connectivity index (χ1) is 9.95. The average Bonchev–Trinajstić information content (AvgIpc) is 2.39. The third-order valence-electron chi connectivity index (χ3n) is 3.60. The Morgan fingerprint density at radius 3 is 2.62 bits per heavy atom. The first-order valence-electron chi connectivity index (χ1n) is 6.47. The van der Waals surface area contributed by atoms with Gasteiger partial charge in [-0.15, -0.1) is 0 Å². The minimum Gasteiger partial charge on any atom is -0.326 e. The normalized spacial score (nSPS) is 16.7. The number of carbonyl (C=O) groups excluding carboxylic acids is 1. The lowest BCUT2D eigenvalue weighted by Gasteiger charge is -2.28. The van der Waals surface area contributed by atoms with Crippen molar-refractivity contribution in [2.75, 3.05) is 5.32 Å². The molecule has 1 atom stereocenters. The van der Waals surface area contributed by atoms with Crippen molar-refractivity contribution in [3.8, 4) is 0 Å². The summed E-state index contributed by atoms with van der Waals surface area (Å²) in [5.41, 5.74) is 2.63. The van der Waals surface area contributed by atoms with Crippen molar-refractivity contribution in [1.29, 1.82) is 0 Å². The Morgan fingerprint density at radius 1 is 1.14 bits per heavy atom. The molecular weight excluding hydrogens is 288 g/mol. The Labute approximate surface area is 122 Å². The molecule has 0 saturated heterocycles. The number of nitrogens with one attached hydrogen (secondary N) is 1. The van der Waals surface area contributed by atoms with Crippen molar-refractivity contribution in [3.05, 3.63) is 59.7 Å². The molecule has 21 heavy (non-hydrogen) atoms. The second kappa shape index (κ2) is 4.98. The van der Waals surface area contributed by atoms with Gasteiger partial charge in [-0.1, -0.05) is 30.3 Å². The Bertz CT molecular complexity index is 815. The van der Waals surface area contributed by atoms with Crippen LogP contribution in [0.4, 0.5) is 5.69 Å². The third kappa shape index (κ3) is 2.68. The summed E-state index contributed by atoms with van der Waals surface area (Å²) >= 11 is 0. The van der Waals surface area contributed by atoms with Crippen LogP contribution in [0.2, 0.25) is 0 Å². The summed E-state index contributed by atoms with van der Waals surface area (Å²) in [6.45, 7) is 0. The van der Waals surface area contributed by atoms with Gasteiger partial charge in [0.25, 0.3) is 0 Å². The van der Waals surface area contributed by atoms with Crippen LogP contribution in [-0.2, 0) is 21.2 Å². The van der Waals surface area contributed by atoms with E-state index < -0.39 is 10.0 Å². The van der Waals surface area contributed by atoms with Crippen molar-refractivity contribution >= 4 is 21.6 Å². The van der Waals surface area contributed by atoms with Crippen LogP contribution in [0.3, 0.4) is 0 Å². The predicted octanol–water partition coefficient (Wildman–Crippen LogP) is 1.61. The van der Waals surface area contributed by atoms with Gasteiger partial charge in [-0.05, 0) is 35.7 Å². The lowest BCUT2D eigenvalue weighted by molar-refractivity contribution is -0.118. The van der Waals surface area contributed by atoms with Gasteiger partial charge in [0.2, 0.25) is 15.9 Å². The fraction of sp³-hybridized carbons (Fsp3) is 0.133. The molecule has 3 rings (SSSR count). The van der Waals surface area contributed by atoms with Crippen LogP contribution in [0.15, 0.2) is 53.4 Å². The fourth-order valence-corrected chi connectivity index (χ4v) is 3.03. The number of hydrogen-bond donors (Lipinski definition) is 2. The van der Waals surface area contributed by atoms with Gasteiger partial charge in [-0.3, -0.25) is 4.79 Å². The van der Waals surface area contributed by atoms with Gasteiger partial charge in [0.1, 0.15) is 0 Å². The zero-order valence-corrected chi connectivity index (χ0v) is 11.9. The summed E-state index contributed by atoms with van der Waals surface area (Å²) in [5.74, 6) is -0.320. The van der Waals surface area contributed by atoms with Gasteiger partial charge >= 0.3 is 0 Å². The van der Waals surface area contributed by atoms with Crippen molar-refractivity contribution < 1.29 is 13.2 Å². The Kier molecular flexibility index (Phi) is 3.27. The van der Waals surface area contributed by atoms with Gasteiger partial charge in [0.05, 0.1) is 10.8 Å². The van der Waals surface area contributed by atoms with Crippen molar-refractivity contribution in [1.82, 2.24) is 0 Å². The molecule has 3 N–H and O–H groups in total. The van der Waals surface area contributed by atoms with Gasteiger partial charge in [0, 0.05) is 5.69 Å². The summed E-state index contributed by atoms with van der Waals surface area (Å²) in [6, 6.07) is 13.7. The molecule has 1 unspecified atom stereocenters. The SMILES string of the molecule is NS(=O)(=O)c1cccc(NC(=O)C2Cc3ccccc32)c1. The number of anilines is 1. The third-order valence-corrected chi connectivity index (χ3v) is 4.51. The van der Waals surface area contributed by atoms with E-state index >= 15 is 0 Å². The van der Waals surface area contributed by atoms with Crippen LogP contribution in [-0.4, -0.2) is 14.3 Å². The second-order valence-corrected chi connectivity index (χ2v) is 6.58. The summed E-state index contributed by atoms with van der Waals surface area (Å²) in [7, 11) is -3.77. The molecule has 1 aliphatic carbocycles. The number of fused-ring (bicyclic) bond motifs is 1. The molecule has 2 aromatic rings. The molecule has 6 heteroatoms. The van der Waals surface area contributed by atoms with Crippen LogP contribution in [0.5, 0.6) is 0 Å². The minimum atomic E-state index is -3.77. The zero-order valence-electron chi connectivity index (χ0n) is 11.1. The molecule has 0 heterocycles. The molecule has 1 amide bonds. The maximum absolute atomic E-state index is 12.2. The first kappa shape index (κ1) is 13.8. The lowest BCUT2D eigenvalue weighted by Crippen LogP contribution is -2.30. The Morgan fingerprint density at radius 2 is 1.90 bits per heavy atom. The molecule has 0 saturated carbocycles. The van der Waals surface area contributed by atoms with Gasteiger partial charge in [-0.2, -0.15) is 0 Å². The number of amides is 1. The predicted molar refractivity (Wildman–Crippen MR) is 79.3 cm³/mol. The van der Waals surface area contributed by atoms with Crippen LogP contribution in [0, 0.1) is 0 Å². The summed E-state index contributed by atoms with van der Waals surface area (Å²) in [6.07, 6.45) is 0.705. The quantitative estimate of drug-likeness (QED) is 0.902. The van der Waals surface area contributed by atoms with E-state index in [-0.39, 0.29) is 16.7 Å². The number of hydrogen-bond acceptors (Lipinski definition) is 3. The molecule has 5 nitrogen and oxygen atoms in total. The van der Waals surface area contributed by atoms with Crippen LogP contribution >= 0.6 is 0 Å². The molecule has 0 aromatic heterocycles. The van der Waals surface area contributed by atoms with Crippen molar-refractivity contribution in [2.24, 2.45) is 5.14 Å². The molecule has 0 aliphatic heterocycles. The standard InChI is InChI=1S/C15H14N2O3S/c16-21(19,20)12-6-3-5-11(9-12)17-15(18)14-8-10-4-1-2-7-13(10)14/h1-7,9,14H,8H2,(H,17,18)(H2,16,19,20). The van der Waals surface area contributed by atoms with Crippen LogP contribution in [0.25, 0.3) is 0 Å². The molecular formula is C15H14N2O3S. The Balaban J connectivity index is 1.78. The van der Waals surface area contributed by atoms with Crippen LogP contribution < -0.4 is 10.5 Å². The van der Waals surface area contributed by atoms with E-state index in [1.54, 1.807) is 12.1 Å². The van der Waals surface area contributed by atoms with E-state index in [9.17, 15) is 13.2 Å². The summed E-state index contributed by atoms with van der Waals surface area (Å²) in [4.78, 5) is 12.2. The number of primary sulfonamides is 1. The zero-order chi connectivity index (χ0) is 15.0. The number of rotatable bonds is 3. The van der Waals surface area contributed by atoms with E-state index in [1.807, 2.05) is 24.3 Å². The number of nitrogens with two attached hydrogens (primary N) is 1. The topological polar surface area (TPSA) is 89.3 Å². The maximum atomic E-state index is 12.2. The number of sulfonamides is 1. The molecule has 0 radical (unpaired) electrons. The van der Waals surface area contributed by atoms with E-state index in [4.69, 9.17) is 5.14 Å². The molecule has 1 aliphatic rings. The van der Waals surface area contributed by atoms with Gasteiger partial charge < -0.3 is 5.32 Å². The largest absolute Gasteiger partial charge is 0.326 e. The van der Waals surface area contributed by atoms with E-state index in [1.165, 1.54) is 17.7 Å². The molecule has 0 spiro atoms. The van der Waals surface area contributed by atoms with E-state index in [0.717, 1.165) is 5.56 Å². The van der Waals surface area contributed by atoms with Gasteiger partial charge in [0.15, 0.2) is 0 Å². The van der Waals surface area contributed by atoms with Crippen molar-refractivity contribution in [3.63, 3.8) is 0 Å². The second-order valence-electron chi connectivity index (χ2n) is 5.02. The Hall–Kier alpha value is -2.18. The highest BCUT2D eigenvalue weighted by Crippen LogP contribution is 2.35. The molecule has 0 bridgehead atoms. The highest BCUT2D eigenvalue weighted by molar-refractivity contribution is 7.89. The fourth-order valence-electron chi connectivity index (χ4n) is 2.47. The molecule has 2 aromatic carbocycles. The maximum Gasteiger partial charge on any atom is 0.238 e. The van der Waals surface area contributed by atoms with Crippen LogP contribution in [0.1, 0.15) is 17.0 Å². The van der Waals surface area contributed by atoms with Gasteiger partial charge in [-0.25, -0.2) is 13.6 Å². The van der Waals surface area contributed by atoms with E-state index in [0.29, 0.717) is 12.1 Å².